The van der Waals surface area contributed by atoms with Crippen LogP contribution in [0.15, 0.2) is 48.5 Å². The highest BCUT2D eigenvalue weighted by atomic mass is 35.5. The summed E-state index contributed by atoms with van der Waals surface area (Å²) in [4.78, 5) is 0. The van der Waals surface area contributed by atoms with Gasteiger partial charge in [0.05, 0.1) is 0 Å². The molecule has 1 N–H and O–H groups in total. The summed E-state index contributed by atoms with van der Waals surface area (Å²) < 4.78 is 0. The van der Waals surface area contributed by atoms with Gasteiger partial charge in [-0.1, -0.05) is 59.6 Å². The first-order valence-electron chi connectivity index (χ1n) is 5.89. The molecule has 0 aliphatic heterocycles. The monoisotopic (exact) mass is 279 g/mol. The van der Waals surface area contributed by atoms with Crippen molar-refractivity contribution in [3.05, 3.63) is 69.7 Å². The largest absolute Gasteiger partial charge is 0.306 e. The lowest BCUT2D eigenvalue weighted by molar-refractivity contribution is 0.575. The van der Waals surface area contributed by atoms with Crippen LogP contribution in [0.5, 0.6) is 0 Å². The summed E-state index contributed by atoms with van der Waals surface area (Å²) in [5.41, 5.74) is 2.20. The van der Waals surface area contributed by atoms with E-state index in [-0.39, 0.29) is 6.04 Å². The quantitative estimate of drug-likeness (QED) is 0.844. The standard InChI is InChI=1S/C15H15Cl2N/c1-11(12-6-3-2-4-7-12)18-10-13-14(16)8-5-9-15(13)17/h2-9,11,18H,10H2,1H3. The molecule has 2 aromatic rings. The van der Waals surface area contributed by atoms with Gasteiger partial charge in [-0.15, -0.1) is 0 Å². The Bertz CT molecular complexity index is 491. The maximum absolute atomic E-state index is 6.13. The Hall–Kier alpha value is -1.02. The molecule has 2 aromatic carbocycles. The van der Waals surface area contributed by atoms with E-state index in [1.807, 2.05) is 36.4 Å². The highest BCUT2D eigenvalue weighted by Crippen LogP contribution is 2.24. The van der Waals surface area contributed by atoms with Crippen molar-refractivity contribution in [3.63, 3.8) is 0 Å². The van der Waals surface area contributed by atoms with Crippen molar-refractivity contribution in [2.75, 3.05) is 0 Å². The molecule has 2 rings (SSSR count). The van der Waals surface area contributed by atoms with Crippen LogP contribution in [0.25, 0.3) is 0 Å². The average molecular weight is 280 g/mol. The van der Waals surface area contributed by atoms with Gasteiger partial charge in [-0.25, -0.2) is 0 Å². The van der Waals surface area contributed by atoms with Gasteiger partial charge in [0.1, 0.15) is 0 Å². The van der Waals surface area contributed by atoms with E-state index < -0.39 is 0 Å². The van der Waals surface area contributed by atoms with E-state index in [1.165, 1.54) is 5.56 Å². The highest BCUT2D eigenvalue weighted by molar-refractivity contribution is 6.35. The normalized spacial score (nSPS) is 12.4. The molecule has 18 heavy (non-hydrogen) atoms. The molecule has 0 fully saturated rings. The molecule has 0 heterocycles. The van der Waals surface area contributed by atoms with Crippen LogP contribution in [0.4, 0.5) is 0 Å². The lowest BCUT2D eigenvalue weighted by Crippen LogP contribution is -2.18. The summed E-state index contributed by atoms with van der Waals surface area (Å²) in [5, 5.41) is 4.84. The van der Waals surface area contributed by atoms with Crippen molar-refractivity contribution in [1.82, 2.24) is 5.32 Å². The molecule has 0 radical (unpaired) electrons. The van der Waals surface area contributed by atoms with Crippen LogP contribution in [0, 0.1) is 0 Å². The zero-order valence-electron chi connectivity index (χ0n) is 10.2. The molecule has 0 bridgehead atoms. The van der Waals surface area contributed by atoms with E-state index in [0.717, 1.165) is 5.56 Å². The van der Waals surface area contributed by atoms with Crippen LogP contribution in [0.1, 0.15) is 24.1 Å². The third-order valence-electron chi connectivity index (χ3n) is 2.95. The van der Waals surface area contributed by atoms with Gasteiger partial charge < -0.3 is 5.32 Å². The molecule has 0 aromatic heterocycles. The van der Waals surface area contributed by atoms with Gasteiger partial charge in [0, 0.05) is 28.2 Å². The van der Waals surface area contributed by atoms with Gasteiger partial charge in [0.25, 0.3) is 0 Å². The third-order valence-corrected chi connectivity index (χ3v) is 3.65. The Morgan fingerprint density at radius 3 is 2.17 bits per heavy atom. The maximum atomic E-state index is 6.13. The van der Waals surface area contributed by atoms with E-state index in [0.29, 0.717) is 16.6 Å². The first-order valence-corrected chi connectivity index (χ1v) is 6.65. The molecule has 0 aliphatic rings. The van der Waals surface area contributed by atoms with Crippen molar-refractivity contribution >= 4 is 23.2 Å². The molecular formula is C15H15Cl2N. The zero-order chi connectivity index (χ0) is 13.0. The van der Waals surface area contributed by atoms with Crippen LogP contribution in [-0.4, -0.2) is 0 Å². The van der Waals surface area contributed by atoms with Gasteiger partial charge in [-0.05, 0) is 24.6 Å². The first kappa shape index (κ1) is 13.4. The average Bonchev–Trinajstić information content (AvgIpc) is 2.39. The Labute approximate surface area is 118 Å². The fraction of sp³-hybridized carbons (Fsp3) is 0.200. The minimum atomic E-state index is 0.263. The van der Waals surface area contributed by atoms with Crippen LogP contribution in [0.2, 0.25) is 10.0 Å². The topological polar surface area (TPSA) is 12.0 Å². The fourth-order valence-electron chi connectivity index (χ4n) is 1.82. The molecule has 1 nitrogen and oxygen atoms in total. The fourth-order valence-corrected chi connectivity index (χ4v) is 2.35. The smallest absolute Gasteiger partial charge is 0.0465 e. The summed E-state index contributed by atoms with van der Waals surface area (Å²) >= 11 is 12.3. The Balaban J connectivity index is 2.04. The molecule has 1 atom stereocenters. The maximum Gasteiger partial charge on any atom is 0.0465 e. The predicted molar refractivity (Wildman–Crippen MR) is 78.2 cm³/mol. The second-order valence-electron chi connectivity index (χ2n) is 4.21. The van der Waals surface area contributed by atoms with Crippen molar-refractivity contribution in [2.24, 2.45) is 0 Å². The van der Waals surface area contributed by atoms with E-state index in [2.05, 4.69) is 24.4 Å². The molecule has 0 spiro atoms. The lowest BCUT2D eigenvalue weighted by atomic mass is 10.1. The van der Waals surface area contributed by atoms with Crippen molar-refractivity contribution < 1.29 is 0 Å². The van der Waals surface area contributed by atoms with E-state index in [4.69, 9.17) is 23.2 Å². The van der Waals surface area contributed by atoms with Gasteiger partial charge in [-0.3, -0.25) is 0 Å². The number of hydrogen-bond donors (Lipinski definition) is 1. The second kappa shape index (κ2) is 6.24. The Morgan fingerprint density at radius 2 is 1.56 bits per heavy atom. The molecular weight excluding hydrogens is 265 g/mol. The second-order valence-corrected chi connectivity index (χ2v) is 5.03. The minimum absolute atomic E-state index is 0.263. The number of rotatable bonds is 4. The Morgan fingerprint density at radius 1 is 0.944 bits per heavy atom. The van der Waals surface area contributed by atoms with Crippen LogP contribution < -0.4 is 5.32 Å². The first-order chi connectivity index (χ1) is 8.68. The predicted octanol–water partition coefficient (Wildman–Crippen LogP) is 4.84. The highest BCUT2D eigenvalue weighted by Gasteiger charge is 2.08. The number of benzene rings is 2. The summed E-state index contributed by atoms with van der Waals surface area (Å²) in [5.74, 6) is 0. The molecule has 0 amide bonds. The molecule has 94 valence electrons. The lowest BCUT2D eigenvalue weighted by Gasteiger charge is -2.15. The van der Waals surface area contributed by atoms with Crippen molar-refractivity contribution in [1.29, 1.82) is 0 Å². The Kier molecular flexibility index (Phi) is 4.65. The summed E-state index contributed by atoms with van der Waals surface area (Å²) in [6.07, 6.45) is 0. The van der Waals surface area contributed by atoms with E-state index in [1.54, 1.807) is 0 Å². The van der Waals surface area contributed by atoms with Crippen LogP contribution >= 0.6 is 23.2 Å². The summed E-state index contributed by atoms with van der Waals surface area (Å²) in [6, 6.07) is 16.1. The van der Waals surface area contributed by atoms with E-state index >= 15 is 0 Å². The van der Waals surface area contributed by atoms with Crippen LogP contribution in [0.3, 0.4) is 0 Å². The molecule has 1 unspecified atom stereocenters. The third kappa shape index (κ3) is 3.26. The summed E-state index contributed by atoms with van der Waals surface area (Å²) in [7, 11) is 0. The van der Waals surface area contributed by atoms with Gasteiger partial charge in [0.2, 0.25) is 0 Å². The van der Waals surface area contributed by atoms with Crippen molar-refractivity contribution in [3.8, 4) is 0 Å². The number of hydrogen-bond acceptors (Lipinski definition) is 1. The summed E-state index contributed by atoms with van der Waals surface area (Å²) in [6.45, 7) is 2.79. The molecule has 0 aliphatic carbocycles. The SMILES string of the molecule is CC(NCc1c(Cl)cccc1Cl)c1ccccc1. The zero-order valence-corrected chi connectivity index (χ0v) is 11.7. The molecule has 0 saturated heterocycles. The molecule has 3 heteroatoms. The van der Waals surface area contributed by atoms with Gasteiger partial charge in [0.15, 0.2) is 0 Å². The molecule has 0 saturated carbocycles. The van der Waals surface area contributed by atoms with E-state index in [9.17, 15) is 0 Å². The van der Waals surface area contributed by atoms with Gasteiger partial charge >= 0.3 is 0 Å². The number of halogens is 2. The minimum Gasteiger partial charge on any atom is -0.306 e. The van der Waals surface area contributed by atoms with Crippen LogP contribution in [-0.2, 0) is 6.54 Å². The van der Waals surface area contributed by atoms with Crippen molar-refractivity contribution in [2.45, 2.75) is 19.5 Å². The van der Waals surface area contributed by atoms with Gasteiger partial charge in [-0.2, -0.15) is 0 Å². The number of nitrogens with one attached hydrogen (secondary N) is 1.